The molecule has 3 heteroatoms. The van der Waals surface area contributed by atoms with Gasteiger partial charge in [-0.2, -0.15) is 0 Å². The molecule has 156 valence electrons. The number of aromatic nitrogens is 1. The highest BCUT2D eigenvalue weighted by atomic mass is 15.2. The zero-order chi connectivity index (χ0) is 20.8. The van der Waals surface area contributed by atoms with Crippen LogP contribution in [0.4, 0.5) is 5.69 Å². The summed E-state index contributed by atoms with van der Waals surface area (Å²) in [7, 11) is 0. The van der Waals surface area contributed by atoms with Crippen LogP contribution < -0.4 is 5.32 Å². The molecule has 0 aliphatic carbocycles. The Morgan fingerprint density at radius 2 is 1.38 bits per heavy atom. The van der Waals surface area contributed by atoms with E-state index < -0.39 is 0 Å². The van der Waals surface area contributed by atoms with Gasteiger partial charge in [0, 0.05) is 28.9 Å². The van der Waals surface area contributed by atoms with Crippen LogP contribution in [-0.4, -0.2) is 34.6 Å². The summed E-state index contributed by atoms with van der Waals surface area (Å²) in [6.45, 7) is 12.7. The van der Waals surface area contributed by atoms with Gasteiger partial charge in [-0.05, 0) is 65.6 Å². The predicted molar refractivity (Wildman–Crippen MR) is 128 cm³/mol. The third-order valence-corrected chi connectivity index (χ3v) is 5.87. The predicted octanol–water partition coefficient (Wildman–Crippen LogP) is 6.87. The molecule has 29 heavy (non-hydrogen) atoms. The third kappa shape index (κ3) is 5.27. The maximum atomic E-state index is 4.87. The molecule has 1 atom stereocenters. The van der Waals surface area contributed by atoms with Gasteiger partial charge >= 0.3 is 0 Å². The number of fused-ring (bicyclic) bond motifs is 2. The summed E-state index contributed by atoms with van der Waals surface area (Å²) in [6.07, 6.45) is 4.79. The lowest BCUT2D eigenvalue weighted by Gasteiger charge is -2.31. The summed E-state index contributed by atoms with van der Waals surface area (Å²) in [4.78, 5) is 7.47. The Kier molecular flexibility index (Phi) is 7.49. The number of pyridine rings is 1. The molecule has 0 aliphatic rings. The minimum absolute atomic E-state index is 0.482. The van der Waals surface area contributed by atoms with Crippen molar-refractivity contribution in [3.05, 3.63) is 48.5 Å². The van der Waals surface area contributed by atoms with Crippen LogP contribution in [0.5, 0.6) is 0 Å². The van der Waals surface area contributed by atoms with Gasteiger partial charge in [0.1, 0.15) is 0 Å². The second-order valence-corrected chi connectivity index (χ2v) is 8.72. The number of hydrogen-bond donors (Lipinski definition) is 1. The first kappa shape index (κ1) is 21.6. The van der Waals surface area contributed by atoms with Gasteiger partial charge in [0.2, 0.25) is 0 Å². The number of benzene rings is 2. The molecule has 0 spiro atoms. The molecule has 3 aromatic rings. The molecule has 1 aromatic heterocycles. The highest BCUT2D eigenvalue weighted by Gasteiger charge is 2.16. The van der Waals surface area contributed by atoms with Crippen molar-refractivity contribution in [1.29, 1.82) is 0 Å². The first-order valence-corrected chi connectivity index (χ1v) is 11.3. The van der Waals surface area contributed by atoms with Crippen LogP contribution in [-0.2, 0) is 0 Å². The van der Waals surface area contributed by atoms with E-state index in [9.17, 15) is 0 Å². The summed E-state index contributed by atoms with van der Waals surface area (Å²) in [6, 6.07) is 18.7. The van der Waals surface area contributed by atoms with Crippen molar-refractivity contribution in [1.82, 2.24) is 9.88 Å². The molecule has 0 amide bonds. The summed E-state index contributed by atoms with van der Waals surface area (Å²) >= 11 is 0. The first-order valence-electron chi connectivity index (χ1n) is 11.3. The van der Waals surface area contributed by atoms with Crippen LogP contribution in [0.3, 0.4) is 0 Å². The molecule has 0 bridgehead atoms. The Labute approximate surface area is 176 Å². The summed E-state index contributed by atoms with van der Waals surface area (Å²) in [5.74, 6) is 0. The third-order valence-electron chi connectivity index (χ3n) is 5.87. The largest absolute Gasteiger partial charge is 0.381 e. The van der Waals surface area contributed by atoms with E-state index in [1.54, 1.807) is 0 Å². The quantitative estimate of drug-likeness (QED) is 0.382. The zero-order valence-corrected chi connectivity index (χ0v) is 18.8. The van der Waals surface area contributed by atoms with Gasteiger partial charge in [-0.3, -0.25) is 4.90 Å². The molecule has 2 aromatic carbocycles. The summed E-state index contributed by atoms with van der Waals surface area (Å²) in [5, 5.41) is 6.38. The molecule has 3 rings (SSSR count). The fraction of sp³-hybridized carbons (Fsp3) is 0.500. The van der Waals surface area contributed by atoms with Gasteiger partial charge < -0.3 is 5.32 Å². The highest BCUT2D eigenvalue weighted by Crippen LogP contribution is 2.32. The maximum absolute atomic E-state index is 4.87. The molecule has 0 aliphatic heterocycles. The Morgan fingerprint density at radius 3 is 1.90 bits per heavy atom. The fourth-order valence-electron chi connectivity index (χ4n) is 4.47. The van der Waals surface area contributed by atoms with Gasteiger partial charge in [0.25, 0.3) is 0 Å². The standard InChI is InChI=1S/C26H37N3/c1-6-12-21(13-11-18-29(19(2)3)20(4)5)27-26-22-14-7-9-16-24(22)28-25-17-10-8-15-23(25)26/h7-10,14-17,19-21H,6,11-13,18H2,1-5H3,(H,27,28)/t21-/m0/s1. The smallest absolute Gasteiger partial charge is 0.0730 e. The lowest BCUT2D eigenvalue weighted by atomic mass is 10.0. The van der Waals surface area contributed by atoms with Crippen LogP contribution in [0.2, 0.25) is 0 Å². The number of anilines is 1. The van der Waals surface area contributed by atoms with Crippen molar-refractivity contribution in [3.8, 4) is 0 Å². The lowest BCUT2D eigenvalue weighted by Crippen LogP contribution is -2.38. The van der Waals surface area contributed by atoms with E-state index in [4.69, 9.17) is 4.98 Å². The van der Waals surface area contributed by atoms with E-state index in [1.165, 1.54) is 42.1 Å². The molecular weight excluding hydrogens is 354 g/mol. The van der Waals surface area contributed by atoms with Crippen molar-refractivity contribution >= 4 is 27.5 Å². The fourth-order valence-corrected chi connectivity index (χ4v) is 4.47. The molecular formula is C26H37N3. The Bertz CT molecular complexity index is 854. The van der Waals surface area contributed by atoms with E-state index in [2.05, 4.69) is 93.4 Å². The monoisotopic (exact) mass is 391 g/mol. The van der Waals surface area contributed by atoms with Crippen LogP contribution >= 0.6 is 0 Å². The zero-order valence-electron chi connectivity index (χ0n) is 18.8. The van der Waals surface area contributed by atoms with Crippen LogP contribution in [0.1, 0.15) is 60.3 Å². The number of rotatable bonds is 10. The molecule has 1 heterocycles. The van der Waals surface area contributed by atoms with E-state index >= 15 is 0 Å². The van der Waals surface area contributed by atoms with E-state index in [0.717, 1.165) is 17.6 Å². The number of nitrogens with zero attached hydrogens (tertiary/aromatic N) is 2. The van der Waals surface area contributed by atoms with Crippen molar-refractivity contribution in [3.63, 3.8) is 0 Å². The van der Waals surface area contributed by atoms with Crippen molar-refractivity contribution in [2.75, 3.05) is 11.9 Å². The molecule has 0 radical (unpaired) electrons. The van der Waals surface area contributed by atoms with E-state index in [-0.39, 0.29) is 0 Å². The molecule has 0 fully saturated rings. The van der Waals surface area contributed by atoms with Crippen LogP contribution in [0.15, 0.2) is 48.5 Å². The lowest BCUT2D eigenvalue weighted by molar-refractivity contribution is 0.170. The van der Waals surface area contributed by atoms with Crippen molar-refractivity contribution in [2.45, 2.75) is 78.4 Å². The van der Waals surface area contributed by atoms with Gasteiger partial charge in [0.15, 0.2) is 0 Å². The topological polar surface area (TPSA) is 28.2 Å². The second kappa shape index (κ2) is 10.1. The first-order chi connectivity index (χ1) is 14.0. The number of nitrogens with one attached hydrogen (secondary N) is 1. The summed E-state index contributed by atoms with van der Waals surface area (Å²) in [5.41, 5.74) is 3.37. The number of hydrogen-bond acceptors (Lipinski definition) is 3. The van der Waals surface area contributed by atoms with Gasteiger partial charge in [0.05, 0.1) is 16.7 Å². The normalized spacial score (nSPS) is 13.1. The average molecular weight is 392 g/mol. The van der Waals surface area contributed by atoms with Crippen LogP contribution in [0.25, 0.3) is 21.8 Å². The average Bonchev–Trinajstić information content (AvgIpc) is 2.70. The molecule has 1 N–H and O–H groups in total. The minimum Gasteiger partial charge on any atom is -0.381 e. The number of para-hydroxylation sites is 2. The van der Waals surface area contributed by atoms with Crippen LogP contribution in [0, 0.1) is 0 Å². The maximum Gasteiger partial charge on any atom is 0.0730 e. The SMILES string of the molecule is CCC[C@@H](CCCN(C(C)C)C(C)C)Nc1c2ccccc2nc2ccccc12. The van der Waals surface area contributed by atoms with E-state index in [1.807, 2.05) is 0 Å². The second-order valence-electron chi connectivity index (χ2n) is 8.72. The Hall–Kier alpha value is -2.13. The van der Waals surface area contributed by atoms with Gasteiger partial charge in [-0.25, -0.2) is 4.98 Å². The van der Waals surface area contributed by atoms with Gasteiger partial charge in [-0.15, -0.1) is 0 Å². The van der Waals surface area contributed by atoms with E-state index in [0.29, 0.717) is 18.1 Å². The van der Waals surface area contributed by atoms with Crippen molar-refractivity contribution in [2.24, 2.45) is 0 Å². The summed E-state index contributed by atoms with van der Waals surface area (Å²) < 4.78 is 0. The highest BCUT2D eigenvalue weighted by molar-refractivity contribution is 6.07. The van der Waals surface area contributed by atoms with Gasteiger partial charge in [-0.1, -0.05) is 49.7 Å². The molecule has 0 saturated heterocycles. The molecule has 0 unspecified atom stereocenters. The Morgan fingerprint density at radius 1 is 0.828 bits per heavy atom. The minimum atomic E-state index is 0.482. The Balaban J connectivity index is 1.83. The molecule has 3 nitrogen and oxygen atoms in total. The molecule has 0 saturated carbocycles. The van der Waals surface area contributed by atoms with Crippen molar-refractivity contribution < 1.29 is 0 Å².